The number of rotatable bonds is 2. The third-order valence-electron chi connectivity index (χ3n) is 1.52. The molecule has 4 heteroatoms. The number of hydrogen-bond acceptors (Lipinski definition) is 2. The molecule has 1 aromatic carbocycles. The van der Waals surface area contributed by atoms with Crippen LogP contribution in [0.1, 0.15) is 0 Å². The fourth-order valence-corrected chi connectivity index (χ4v) is 0.938. The lowest BCUT2D eigenvalue weighted by molar-refractivity contribution is 0.415. The van der Waals surface area contributed by atoms with Crippen molar-refractivity contribution in [1.29, 1.82) is 0 Å². The molecular weight excluding hydrogens is 171 g/mol. The highest BCUT2D eigenvalue weighted by molar-refractivity contribution is 5.26. The van der Waals surface area contributed by atoms with E-state index in [9.17, 15) is 4.39 Å². The lowest BCUT2D eigenvalue weighted by Crippen LogP contribution is -1.88. The third kappa shape index (κ3) is 1.66. The molecule has 0 saturated carbocycles. The number of nitrogens with zero attached hydrogens (tertiary/aromatic N) is 1. The van der Waals surface area contributed by atoms with E-state index in [1.807, 2.05) is 0 Å². The summed E-state index contributed by atoms with van der Waals surface area (Å²) >= 11 is 0. The maximum Gasteiger partial charge on any atom is 0.299 e. The Bertz CT molecular complexity index is 386. The molecule has 0 radical (unpaired) electrons. The monoisotopic (exact) mass is 178 g/mol. The maximum atomic E-state index is 13.0. The molecule has 66 valence electrons. The van der Waals surface area contributed by atoms with Crippen LogP contribution in [0.2, 0.25) is 0 Å². The number of H-pyrrole nitrogens is 1. The summed E-state index contributed by atoms with van der Waals surface area (Å²) in [5, 5.41) is 0. The van der Waals surface area contributed by atoms with Gasteiger partial charge in [-0.3, -0.25) is 0 Å². The molecular formula is C9H7FN2O. The number of hydrogen-bond donors (Lipinski definition) is 1. The summed E-state index contributed by atoms with van der Waals surface area (Å²) < 4.78 is 18.1. The highest BCUT2D eigenvalue weighted by Gasteiger charge is 2.03. The van der Waals surface area contributed by atoms with Gasteiger partial charge in [-0.05, 0) is 12.1 Å². The predicted molar refractivity (Wildman–Crippen MR) is 45.1 cm³/mol. The Hall–Kier alpha value is -1.84. The van der Waals surface area contributed by atoms with Crippen LogP contribution in [0.5, 0.6) is 11.8 Å². The quantitative estimate of drug-likeness (QED) is 0.766. The van der Waals surface area contributed by atoms with Gasteiger partial charge in [0.05, 0.1) is 0 Å². The minimum absolute atomic E-state index is 0.164. The minimum atomic E-state index is -0.404. The molecule has 3 nitrogen and oxygen atoms in total. The van der Waals surface area contributed by atoms with Gasteiger partial charge in [0, 0.05) is 12.4 Å². The van der Waals surface area contributed by atoms with Gasteiger partial charge < -0.3 is 9.72 Å². The molecule has 0 aliphatic heterocycles. The van der Waals surface area contributed by atoms with E-state index in [4.69, 9.17) is 4.74 Å². The molecule has 0 amide bonds. The number of aromatic nitrogens is 2. The molecule has 0 fully saturated rings. The van der Waals surface area contributed by atoms with Crippen molar-refractivity contribution in [2.24, 2.45) is 0 Å². The van der Waals surface area contributed by atoms with Crippen molar-refractivity contribution in [3.63, 3.8) is 0 Å². The van der Waals surface area contributed by atoms with Gasteiger partial charge in [0.25, 0.3) is 6.01 Å². The molecule has 0 unspecified atom stereocenters. The van der Waals surface area contributed by atoms with Gasteiger partial charge in [-0.1, -0.05) is 12.1 Å². The molecule has 0 bridgehead atoms. The van der Waals surface area contributed by atoms with Crippen LogP contribution < -0.4 is 4.74 Å². The second-order valence-corrected chi connectivity index (χ2v) is 2.43. The van der Waals surface area contributed by atoms with Gasteiger partial charge in [-0.15, -0.1) is 0 Å². The second-order valence-electron chi connectivity index (χ2n) is 2.43. The summed E-state index contributed by atoms with van der Waals surface area (Å²) in [5.41, 5.74) is 0. The van der Waals surface area contributed by atoms with E-state index in [0.29, 0.717) is 0 Å². The smallest absolute Gasteiger partial charge is 0.299 e. The summed E-state index contributed by atoms with van der Waals surface area (Å²) in [6, 6.07) is 6.45. The van der Waals surface area contributed by atoms with E-state index < -0.39 is 5.82 Å². The fourth-order valence-electron chi connectivity index (χ4n) is 0.938. The Morgan fingerprint density at radius 3 is 2.85 bits per heavy atom. The zero-order chi connectivity index (χ0) is 9.10. The second kappa shape index (κ2) is 3.26. The van der Waals surface area contributed by atoms with Crippen LogP contribution in [0, 0.1) is 5.82 Å². The lowest BCUT2D eigenvalue weighted by atomic mass is 10.3. The third-order valence-corrected chi connectivity index (χ3v) is 1.52. The van der Waals surface area contributed by atoms with E-state index in [1.54, 1.807) is 18.3 Å². The van der Waals surface area contributed by atoms with E-state index in [2.05, 4.69) is 9.97 Å². The molecule has 0 saturated heterocycles. The molecule has 13 heavy (non-hydrogen) atoms. The SMILES string of the molecule is Fc1ccccc1Oc1ncc[nH]1. The van der Waals surface area contributed by atoms with Crippen molar-refractivity contribution in [1.82, 2.24) is 9.97 Å². The number of ether oxygens (including phenoxy) is 1. The number of para-hydroxylation sites is 1. The molecule has 1 aromatic heterocycles. The maximum absolute atomic E-state index is 13.0. The van der Waals surface area contributed by atoms with Crippen LogP contribution >= 0.6 is 0 Å². The zero-order valence-electron chi connectivity index (χ0n) is 6.70. The average Bonchev–Trinajstić information content (AvgIpc) is 2.61. The van der Waals surface area contributed by atoms with Gasteiger partial charge in [0.15, 0.2) is 11.6 Å². The van der Waals surface area contributed by atoms with Crippen molar-refractivity contribution >= 4 is 0 Å². The Labute approximate surface area is 74.2 Å². The van der Waals surface area contributed by atoms with Crippen LogP contribution in [-0.2, 0) is 0 Å². The number of aromatic amines is 1. The first-order chi connectivity index (χ1) is 6.36. The van der Waals surface area contributed by atoms with Crippen LogP contribution in [-0.4, -0.2) is 9.97 Å². The Morgan fingerprint density at radius 2 is 2.15 bits per heavy atom. The van der Waals surface area contributed by atoms with Crippen LogP contribution in [0.15, 0.2) is 36.7 Å². The normalized spacial score (nSPS) is 9.92. The van der Waals surface area contributed by atoms with Crippen molar-refractivity contribution < 1.29 is 9.13 Å². The van der Waals surface area contributed by atoms with Gasteiger partial charge >= 0.3 is 0 Å². The van der Waals surface area contributed by atoms with Gasteiger partial charge in [0.1, 0.15) is 0 Å². The molecule has 1 N–H and O–H groups in total. The number of nitrogens with one attached hydrogen (secondary N) is 1. The molecule has 0 aliphatic carbocycles. The van der Waals surface area contributed by atoms with E-state index in [0.717, 1.165) is 0 Å². The standard InChI is InChI=1S/C9H7FN2O/c10-7-3-1-2-4-8(7)13-9-11-5-6-12-9/h1-6H,(H,11,12). The van der Waals surface area contributed by atoms with E-state index in [1.165, 1.54) is 18.3 Å². The lowest BCUT2D eigenvalue weighted by Gasteiger charge is -2.01. The van der Waals surface area contributed by atoms with Gasteiger partial charge in [0.2, 0.25) is 0 Å². The first-order valence-corrected chi connectivity index (χ1v) is 3.78. The minimum Gasteiger partial charge on any atom is -0.423 e. The highest BCUT2D eigenvalue weighted by Crippen LogP contribution is 2.20. The summed E-state index contributed by atoms with van der Waals surface area (Å²) in [6.07, 6.45) is 3.15. The molecule has 0 atom stereocenters. The molecule has 1 heterocycles. The highest BCUT2D eigenvalue weighted by atomic mass is 19.1. The summed E-state index contributed by atoms with van der Waals surface area (Å²) in [6.45, 7) is 0. The number of benzene rings is 1. The molecule has 0 spiro atoms. The van der Waals surface area contributed by atoms with Crippen LogP contribution in [0.3, 0.4) is 0 Å². The molecule has 0 aliphatic rings. The van der Waals surface area contributed by atoms with Crippen molar-refractivity contribution in [2.75, 3.05) is 0 Å². The van der Waals surface area contributed by atoms with Gasteiger partial charge in [-0.25, -0.2) is 9.37 Å². The Kier molecular flexibility index (Phi) is 1.96. The largest absolute Gasteiger partial charge is 0.423 e. The first-order valence-electron chi connectivity index (χ1n) is 3.78. The van der Waals surface area contributed by atoms with Crippen LogP contribution in [0.25, 0.3) is 0 Å². The molecule has 2 rings (SSSR count). The van der Waals surface area contributed by atoms with Crippen molar-refractivity contribution in [3.05, 3.63) is 42.5 Å². The number of imidazole rings is 1. The summed E-state index contributed by atoms with van der Waals surface area (Å²) in [5.74, 6) is -0.239. The zero-order valence-corrected chi connectivity index (χ0v) is 6.70. The van der Waals surface area contributed by atoms with Gasteiger partial charge in [-0.2, -0.15) is 0 Å². The molecule has 2 aromatic rings. The van der Waals surface area contributed by atoms with E-state index >= 15 is 0 Å². The average molecular weight is 178 g/mol. The van der Waals surface area contributed by atoms with E-state index in [-0.39, 0.29) is 11.8 Å². The van der Waals surface area contributed by atoms with Crippen molar-refractivity contribution in [3.8, 4) is 11.8 Å². The summed E-state index contributed by atoms with van der Waals surface area (Å²) in [4.78, 5) is 6.52. The van der Waals surface area contributed by atoms with Crippen LogP contribution in [0.4, 0.5) is 4.39 Å². The first kappa shape index (κ1) is 7.79. The topological polar surface area (TPSA) is 37.9 Å². The summed E-state index contributed by atoms with van der Waals surface area (Å²) in [7, 11) is 0. The van der Waals surface area contributed by atoms with Crippen molar-refractivity contribution in [2.45, 2.75) is 0 Å². The number of halogens is 1. The Morgan fingerprint density at radius 1 is 1.31 bits per heavy atom. The predicted octanol–water partition coefficient (Wildman–Crippen LogP) is 2.34. The fraction of sp³-hybridized carbons (Fsp3) is 0. The Balaban J connectivity index is 2.24.